The highest BCUT2D eigenvalue weighted by molar-refractivity contribution is 6.31. The van der Waals surface area contributed by atoms with E-state index in [-0.39, 0.29) is 45.6 Å². The largest absolute Gasteiger partial charge is 0.445 e. The summed E-state index contributed by atoms with van der Waals surface area (Å²) >= 11 is 6.12. The van der Waals surface area contributed by atoms with Crippen LogP contribution < -0.4 is 38.1 Å². The summed E-state index contributed by atoms with van der Waals surface area (Å²) in [5.41, 5.74) is 14.6. The number of carbonyl (C=O) groups is 6. The Kier molecular flexibility index (Phi) is 19.5. The van der Waals surface area contributed by atoms with E-state index in [2.05, 4.69) is 26.6 Å². The molecule has 17 heteroatoms. The minimum absolute atomic E-state index is 0.00360. The number of hydrogen-bond donors (Lipinski definition) is 8. The molecule has 0 bridgehead atoms. The number of hydrogen-bond acceptors (Lipinski definition) is 10. The SMILES string of the molecule is CC1=CC(O)CC(C)=C1CC(NC(=O)C(CCCN)NC(=O)OCc1ccccc1)C(=O)NC(CCCCNC(=O)OCc1ccccc1Cl)C(=O)NCC(N)=O. The van der Waals surface area contributed by atoms with Crippen LogP contribution >= 0.6 is 11.6 Å². The monoisotopic (exact) mass is 811 g/mol. The Bertz CT molecular complexity index is 1760. The second kappa shape index (κ2) is 24.2. The molecule has 0 aromatic heterocycles. The zero-order valence-electron chi connectivity index (χ0n) is 32.3. The van der Waals surface area contributed by atoms with Crippen molar-refractivity contribution in [3.63, 3.8) is 0 Å². The Morgan fingerprint density at radius 1 is 0.789 bits per heavy atom. The second-order valence-corrected chi connectivity index (χ2v) is 14.1. The molecule has 0 saturated heterocycles. The fraction of sp³-hybridized carbons (Fsp3) is 0.450. The molecular weight excluding hydrogens is 758 g/mol. The molecule has 0 saturated carbocycles. The number of rotatable bonds is 22. The lowest BCUT2D eigenvalue weighted by atomic mass is 9.87. The second-order valence-electron chi connectivity index (χ2n) is 13.7. The highest BCUT2D eigenvalue weighted by Gasteiger charge is 2.32. The molecule has 16 nitrogen and oxygen atoms in total. The fourth-order valence-corrected chi connectivity index (χ4v) is 6.24. The highest BCUT2D eigenvalue weighted by Crippen LogP contribution is 2.29. The third-order valence-corrected chi connectivity index (χ3v) is 9.45. The summed E-state index contributed by atoms with van der Waals surface area (Å²) in [6.07, 6.45) is 1.11. The molecular formula is C40H54ClN7O9. The number of unbranched alkanes of at least 4 members (excludes halogenated alkanes) is 1. The molecule has 1 aliphatic carbocycles. The summed E-state index contributed by atoms with van der Waals surface area (Å²) in [6, 6.07) is 12.4. The van der Waals surface area contributed by atoms with Crippen LogP contribution in [-0.2, 0) is 41.9 Å². The van der Waals surface area contributed by atoms with Crippen molar-refractivity contribution in [2.45, 2.75) is 96.2 Å². The average molecular weight is 812 g/mol. The van der Waals surface area contributed by atoms with Gasteiger partial charge in [0.15, 0.2) is 0 Å². The third-order valence-electron chi connectivity index (χ3n) is 9.08. The van der Waals surface area contributed by atoms with Crippen molar-refractivity contribution >= 4 is 47.4 Å². The lowest BCUT2D eigenvalue weighted by molar-refractivity contribution is -0.133. The van der Waals surface area contributed by atoms with Crippen LogP contribution in [0.25, 0.3) is 0 Å². The van der Waals surface area contributed by atoms with Crippen LogP contribution in [0.3, 0.4) is 0 Å². The Labute approximate surface area is 337 Å². The average Bonchev–Trinajstić information content (AvgIpc) is 3.17. The third kappa shape index (κ3) is 16.7. The number of ether oxygens (including phenoxy) is 2. The Morgan fingerprint density at radius 3 is 2.11 bits per heavy atom. The summed E-state index contributed by atoms with van der Waals surface area (Å²) in [6.45, 7) is 3.50. The van der Waals surface area contributed by atoms with Crippen LogP contribution in [0, 0.1) is 0 Å². The van der Waals surface area contributed by atoms with Gasteiger partial charge in [0.25, 0.3) is 0 Å². The number of benzene rings is 2. The van der Waals surface area contributed by atoms with E-state index in [0.717, 1.165) is 16.7 Å². The number of nitrogens with one attached hydrogen (secondary N) is 5. The summed E-state index contributed by atoms with van der Waals surface area (Å²) in [4.78, 5) is 77.7. The normalized spacial score (nSPS) is 15.2. The Hall–Kier alpha value is -5.45. The zero-order valence-corrected chi connectivity index (χ0v) is 33.1. The minimum atomic E-state index is -1.25. The van der Waals surface area contributed by atoms with Crippen LogP contribution in [0.15, 0.2) is 77.4 Å². The molecule has 57 heavy (non-hydrogen) atoms. The number of aliphatic hydroxyl groups is 1. The van der Waals surface area contributed by atoms with Gasteiger partial charge in [-0.25, -0.2) is 9.59 Å². The number of allylic oxidation sites excluding steroid dienone is 1. The van der Waals surface area contributed by atoms with Gasteiger partial charge in [0, 0.05) is 23.6 Å². The first kappa shape index (κ1) is 45.9. The Balaban J connectivity index is 1.72. The molecule has 10 N–H and O–H groups in total. The van der Waals surface area contributed by atoms with E-state index in [4.69, 9.17) is 32.5 Å². The molecule has 0 aliphatic heterocycles. The van der Waals surface area contributed by atoms with Crippen LogP contribution in [0.2, 0.25) is 5.02 Å². The molecule has 2 aromatic rings. The molecule has 0 spiro atoms. The van der Waals surface area contributed by atoms with Crippen molar-refractivity contribution in [2.75, 3.05) is 19.6 Å². The molecule has 1 aliphatic rings. The first-order valence-corrected chi connectivity index (χ1v) is 19.2. The van der Waals surface area contributed by atoms with Gasteiger partial charge in [0.05, 0.1) is 12.6 Å². The van der Waals surface area contributed by atoms with Gasteiger partial charge < -0.3 is 52.6 Å². The van der Waals surface area contributed by atoms with E-state index in [1.165, 1.54) is 0 Å². The molecule has 6 amide bonds. The van der Waals surface area contributed by atoms with Crippen LogP contribution in [-0.4, -0.2) is 84.8 Å². The van der Waals surface area contributed by atoms with Crippen molar-refractivity contribution in [1.29, 1.82) is 0 Å². The van der Waals surface area contributed by atoms with E-state index in [9.17, 15) is 33.9 Å². The van der Waals surface area contributed by atoms with E-state index in [0.29, 0.717) is 41.8 Å². The van der Waals surface area contributed by atoms with Crippen molar-refractivity contribution in [1.82, 2.24) is 26.6 Å². The van der Waals surface area contributed by atoms with Crippen LogP contribution in [0.1, 0.15) is 69.9 Å². The summed E-state index contributed by atoms with van der Waals surface area (Å²) < 4.78 is 10.6. The number of primary amides is 1. The maximum absolute atomic E-state index is 14.1. The number of carbonyl (C=O) groups excluding carboxylic acids is 6. The first-order chi connectivity index (χ1) is 27.3. The van der Waals surface area contributed by atoms with E-state index in [1.54, 1.807) is 61.5 Å². The Morgan fingerprint density at radius 2 is 1.42 bits per heavy atom. The molecule has 0 radical (unpaired) electrons. The van der Waals surface area contributed by atoms with Gasteiger partial charge in [-0.15, -0.1) is 0 Å². The van der Waals surface area contributed by atoms with Gasteiger partial charge >= 0.3 is 12.2 Å². The maximum atomic E-state index is 14.1. The predicted octanol–water partition coefficient (Wildman–Crippen LogP) is 2.76. The van der Waals surface area contributed by atoms with E-state index in [1.807, 2.05) is 13.0 Å². The number of aliphatic hydroxyl groups excluding tert-OH is 1. The fourth-order valence-electron chi connectivity index (χ4n) is 6.05. The predicted molar refractivity (Wildman–Crippen MR) is 213 cm³/mol. The smallest absolute Gasteiger partial charge is 0.408 e. The zero-order chi connectivity index (χ0) is 41.7. The van der Waals surface area contributed by atoms with Gasteiger partial charge in [0.2, 0.25) is 23.6 Å². The molecule has 3 rings (SSSR count). The quantitative estimate of drug-likeness (QED) is 0.0808. The minimum Gasteiger partial charge on any atom is -0.445 e. The molecule has 4 atom stereocenters. The molecule has 310 valence electrons. The van der Waals surface area contributed by atoms with Crippen molar-refractivity contribution in [3.8, 4) is 0 Å². The lowest BCUT2D eigenvalue weighted by Gasteiger charge is -2.28. The number of halogens is 1. The van der Waals surface area contributed by atoms with E-state index < -0.39 is 66.6 Å². The van der Waals surface area contributed by atoms with Gasteiger partial charge in [-0.3, -0.25) is 19.2 Å². The molecule has 0 fully saturated rings. The lowest BCUT2D eigenvalue weighted by Crippen LogP contribution is -2.57. The topological polar surface area (TPSA) is 253 Å². The van der Waals surface area contributed by atoms with Gasteiger partial charge in [-0.2, -0.15) is 0 Å². The first-order valence-electron chi connectivity index (χ1n) is 18.8. The molecule has 4 unspecified atom stereocenters. The highest BCUT2D eigenvalue weighted by atomic mass is 35.5. The summed E-state index contributed by atoms with van der Waals surface area (Å²) in [7, 11) is 0. The van der Waals surface area contributed by atoms with Gasteiger partial charge in [-0.05, 0) is 81.7 Å². The maximum Gasteiger partial charge on any atom is 0.408 e. The van der Waals surface area contributed by atoms with Crippen molar-refractivity contribution < 1.29 is 43.3 Å². The number of amides is 6. The number of nitrogens with two attached hydrogens (primary N) is 2. The molecule has 2 aromatic carbocycles. The summed E-state index contributed by atoms with van der Waals surface area (Å²) in [5.74, 6) is -2.87. The number of alkyl carbamates (subject to hydrolysis) is 2. The van der Waals surface area contributed by atoms with E-state index >= 15 is 0 Å². The van der Waals surface area contributed by atoms with Crippen molar-refractivity contribution in [3.05, 3.63) is 93.5 Å². The van der Waals surface area contributed by atoms with Gasteiger partial charge in [0.1, 0.15) is 31.3 Å². The van der Waals surface area contributed by atoms with Gasteiger partial charge in [-0.1, -0.05) is 71.8 Å². The molecule has 0 heterocycles. The summed E-state index contributed by atoms with van der Waals surface area (Å²) in [5, 5.41) is 23.8. The van der Waals surface area contributed by atoms with Crippen LogP contribution in [0.5, 0.6) is 0 Å². The van der Waals surface area contributed by atoms with Crippen LogP contribution in [0.4, 0.5) is 9.59 Å². The standard InChI is InChI=1S/C40H54ClN7O9/c1-25-19-29(49)20-26(2)30(25)21-34(47-37(52)33(16-10-17-42)48-40(55)56-23-27-11-4-3-5-12-27)38(53)46-32(36(51)45-22-35(43)50)15-8-9-18-44-39(54)57-24-28-13-6-7-14-31(28)41/h3-7,11-14,19,29,32-34,49H,8-10,15-18,20-24,42H2,1-2H3,(H2,43,50)(H,44,54)(H,45,51)(H,46,53)(H,47,52)(H,48,55). The van der Waals surface area contributed by atoms with Crippen molar-refractivity contribution in [2.24, 2.45) is 11.5 Å².